The summed E-state index contributed by atoms with van der Waals surface area (Å²) in [5.41, 5.74) is 8.34. The molecule has 1 aromatic carbocycles. The van der Waals surface area contributed by atoms with Gasteiger partial charge >= 0.3 is 0 Å². The number of Topliss-reactive ketones (excluding diaryl/α,β-unsaturated/α-hetero) is 1. The van der Waals surface area contributed by atoms with Crippen LogP contribution in [0, 0.1) is 0 Å². The molecule has 0 atom stereocenters. The third kappa shape index (κ3) is 3.20. The summed E-state index contributed by atoms with van der Waals surface area (Å²) >= 11 is 0. The van der Waals surface area contributed by atoms with Gasteiger partial charge in [0.2, 0.25) is 0 Å². The molecule has 98 valence electrons. The number of hydrogen-bond acceptors (Lipinski definition) is 2. The van der Waals surface area contributed by atoms with Crippen LogP contribution in [0.3, 0.4) is 0 Å². The minimum Gasteiger partial charge on any atom is -0.325 e. The van der Waals surface area contributed by atoms with Gasteiger partial charge in [0, 0.05) is 18.4 Å². The van der Waals surface area contributed by atoms with E-state index in [1.807, 2.05) is 0 Å². The summed E-state index contributed by atoms with van der Waals surface area (Å²) in [6.45, 7) is 4.35. The van der Waals surface area contributed by atoms with Crippen LogP contribution in [0.1, 0.15) is 56.6 Å². The first-order valence-electron chi connectivity index (χ1n) is 6.88. The van der Waals surface area contributed by atoms with Gasteiger partial charge in [-0.2, -0.15) is 0 Å². The lowest BCUT2D eigenvalue weighted by Crippen LogP contribution is -2.48. The molecule has 2 heteroatoms. The zero-order valence-electron chi connectivity index (χ0n) is 11.4. The summed E-state index contributed by atoms with van der Waals surface area (Å²) in [6, 6.07) is 8.37. The Bertz CT molecular complexity index is 415. The zero-order valence-corrected chi connectivity index (χ0v) is 11.4. The van der Waals surface area contributed by atoms with Crippen molar-refractivity contribution in [3.63, 3.8) is 0 Å². The minimum absolute atomic E-state index is 0.186. The fraction of sp³-hybridized carbons (Fsp3) is 0.562. The second-order valence-corrected chi connectivity index (χ2v) is 6.00. The number of rotatable bonds is 5. The van der Waals surface area contributed by atoms with E-state index in [-0.39, 0.29) is 11.3 Å². The summed E-state index contributed by atoms with van der Waals surface area (Å²) in [5.74, 6) is 0.812. The number of hydrogen-bond donors (Lipinski definition) is 1. The first-order chi connectivity index (χ1) is 8.48. The first-order valence-corrected chi connectivity index (χ1v) is 6.88. The van der Waals surface area contributed by atoms with Gasteiger partial charge in [0.15, 0.2) is 0 Å². The topological polar surface area (TPSA) is 43.1 Å². The highest BCUT2D eigenvalue weighted by molar-refractivity contribution is 5.82. The summed E-state index contributed by atoms with van der Waals surface area (Å²) in [6.07, 6.45) is 4.25. The van der Waals surface area contributed by atoms with E-state index in [1.54, 1.807) is 0 Å². The monoisotopic (exact) mass is 245 g/mol. The van der Waals surface area contributed by atoms with Gasteiger partial charge in [-0.3, -0.25) is 4.79 Å². The average Bonchev–Trinajstić information content (AvgIpc) is 2.27. The smallest absolute Gasteiger partial charge is 0.139 e. The number of ketones is 1. The van der Waals surface area contributed by atoms with Gasteiger partial charge in [-0.25, -0.2) is 0 Å². The molecule has 0 unspecified atom stereocenters. The van der Waals surface area contributed by atoms with Crippen LogP contribution in [0.15, 0.2) is 24.3 Å². The van der Waals surface area contributed by atoms with Crippen molar-refractivity contribution in [2.24, 2.45) is 5.73 Å². The zero-order chi connectivity index (χ0) is 13.2. The fourth-order valence-electron chi connectivity index (χ4n) is 2.51. The normalized spacial score (nSPS) is 17.6. The van der Waals surface area contributed by atoms with Crippen molar-refractivity contribution in [1.82, 2.24) is 0 Å². The molecule has 0 radical (unpaired) electrons. The van der Waals surface area contributed by atoms with E-state index in [4.69, 9.17) is 5.73 Å². The molecule has 0 aromatic heterocycles. The molecule has 1 fully saturated rings. The predicted octanol–water partition coefficient (Wildman–Crippen LogP) is 3.19. The van der Waals surface area contributed by atoms with Crippen LogP contribution < -0.4 is 5.73 Å². The molecule has 0 spiro atoms. The van der Waals surface area contributed by atoms with Crippen molar-refractivity contribution in [2.45, 2.75) is 57.4 Å². The number of carbonyl (C=O) groups excluding carboxylic acids is 1. The summed E-state index contributed by atoms with van der Waals surface area (Å²) in [7, 11) is 0. The standard InChI is InChI=1S/C16H23NO/c1-12(2)14-6-4-13(5-7-14)10-15(18)11-16(17)8-3-9-16/h4-7,12H,3,8-11,17H2,1-2H3. The van der Waals surface area contributed by atoms with Crippen molar-refractivity contribution in [2.75, 3.05) is 0 Å². The van der Waals surface area contributed by atoms with E-state index in [1.165, 1.54) is 12.0 Å². The Morgan fingerprint density at radius 3 is 2.33 bits per heavy atom. The van der Waals surface area contributed by atoms with Crippen molar-refractivity contribution < 1.29 is 4.79 Å². The number of nitrogens with two attached hydrogens (primary N) is 1. The van der Waals surface area contributed by atoms with E-state index in [9.17, 15) is 4.79 Å². The average molecular weight is 245 g/mol. The molecule has 0 bridgehead atoms. The molecule has 1 aliphatic carbocycles. The Morgan fingerprint density at radius 2 is 1.89 bits per heavy atom. The SMILES string of the molecule is CC(C)c1ccc(CC(=O)CC2(N)CCC2)cc1. The predicted molar refractivity (Wildman–Crippen MR) is 74.6 cm³/mol. The van der Waals surface area contributed by atoms with E-state index in [0.29, 0.717) is 18.8 Å². The van der Waals surface area contributed by atoms with Crippen LogP contribution in [0.2, 0.25) is 0 Å². The van der Waals surface area contributed by atoms with Crippen LogP contribution in [0.4, 0.5) is 0 Å². The van der Waals surface area contributed by atoms with Gasteiger partial charge in [0.1, 0.15) is 5.78 Å². The van der Waals surface area contributed by atoms with E-state index in [0.717, 1.165) is 18.4 Å². The molecular formula is C16H23NO. The lowest BCUT2D eigenvalue weighted by Gasteiger charge is -2.37. The van der Waals surface area contributed by atoms with Crippen molar-refractivity contribution in [3.05, 3.63) is 35.4 Å². The molecule has 2 nitrogen and oxygen atoms in total. The Balaban J connectivity index is 1.90. The maximum absolute atomic E-state index is 12.0. The molecule has 1 aromatic rings. The van der Waals surface area contributed by atoms with E-state index < -0.39 is 0 Å². The molecule has 0 heterocycles. The van der Waals surface area contributed by atoms with Crippen molar-refractivity contribution in [3.8, 4) is 0 Å². The number of carbonyl (C=O) groups is 1. The second kappa shape index (κ2) is 5.23. The van der Waals surface area contributed by atoms with Gasteiger partial charge in [-0.1, -0.05) is 38.1 Å². The molecule has 0 aliphatic heterocycles. The summed E-state index contributed by atoms with van der Waals surface area (Å²) in [4.78, 5) is 12.0. The summed E-state index contributed by atoms with van der Waals surface area (Å²) in [5, 5.41) is 0. The molecule has 1 aliphatic rings. The molecule has 1 saturated carbocycles. The van der Waals surface area contributed by atoms with Crippen LogP contribution in [0.5, 0.6) is 0 Å². The number of benzene rings is 1. The third-order valence-electron chi connectivity index (χ3n) is 3.95. The highest BCUT2D eigenvalue weighted by atomic mass is 16.1. The molecule has 18 heavy (non-hydrogen) atoms. The van der Waals surface area contributed by atoms with E-state index >= 15 is 0 Å². The Labute approximate surface area is 110 Å². The maximum atomic E-state index is 12.0. The van der Waals surface area contributed by atoms with E-state index in [2.05, 4.69) is 38.1 Å². The third-order valence-corrected chi connectivity index (χ3v) is 3.95. The van der Waals surface area contributed by atoms with Gasteiger partial charge in [-0.15, -0.1) is 0 Å². The second-order valence-electron chi connectivity index (χ2n) is 6.00. The Hall–Kier alpha value is -1.15. The largest absolute Gasteiger partial charge is 0.325 e. The van der Waals surface area contributed by atoms with Gasteiger partial charge in [0.05, 0.1) is 0 Å². The lowest BCUT2D eigenvalue weighted by atomic mass is 9.74. The first kappa shape index (κ1) is 13.3. The molecule has 0 amide bonds. The molecular weight excluding hydrogens is 222 g/mol. The summed E-state index contributed by atoms with van der Waals surface area (Å²) < 4.78 is 0. The Morgan fingerprint density at radius 1 is 1.28 bits per heavy atom. The highest BCUT2D eigenvalue weighted by Crippen LogP contribution is 2.32. The van der Waals surface area contributed by atoms with Crippen LogP contribution in [-0.2, 0) is 11.2 Å². The molecule has 2 rings (SSSR count). The van der Waals surface area contributed by atoms with Crippen molar-refractivity contribution in [1.29, 1.82) is 0 Å². The molecule has 2 N–H and O–H groups in total. The lowest BCUT2D eigenvalue weighted by molar-refractivity contribution is -0.120. The van der Waals surface area contributed by atoms with Crippen LogP contribution in [-0.4, -0.2) is 11.3 Å². The van der Waals surface area contributed by atoms with Crippen LogP contribution in [0.25, 0.3) is 0 Å². The van der Waals surface area contributed by atoms with Gasteiger partial charge in [0.25, 0.3) is 0 Å². The van der Waals surface area contributed by atoms with Crippen molar-refractivity contribution >= 4 is 5.78 Å². The highest BCUT2D eigenvalue weighted by Gasteiger charge is 2.34. The minimum atomic E-state index is -0.186. The quantitative estimate of drug-likeness (QED) is 0.865. The maximum Gasteiger partial charge on any atom is 0.139 e. The Kier molecular flexibility index (Phi) is 3.86. The van der Waals surface area contributed by atoms with Gasteiger partial charge in [-0.05, 0) is 36.3 Å². The fourth-order valence-corrected chi connectivity index (χ4v) is 2.51. The van der Waals surface area contributed by atoms with Gasteiger partial charge < -0.3 is 5.73 Å². The van der Waals surface area contributed by atoms with Crippen LogP contribution >= 0.6 is 0 Å². The molecule has 0 saturated heterocycles.